The van der Waals surface area contributed by atoms with Crippen LogP contribution in [0.1, 0.15) is 31.7 Å². The molecular weight excluding hydrogens is 257 g/mol. The minimum atomic E-state index is -1.11. The number of hydrogen-bond donors (Lipinski definition) is 1. The molecule has 2 atom stereocenters. The molecule has 1 aliphatic carbocycles. The lowest BCUT2D eigenvalue weighted by atomic mass is 9.88. The molecule has 1 aromatic carbocycles. The lowest BCUT2D eigenvalue weighted by Gasteiger charge is -2.25. The van der Waals surface area contributed by atoms with Crippen LogP contribution in [0.5, 0.6) is 0 Å². The Morgan fingerprint density at radius 3 is 2.67 bits per heavy atom. The molecule has 1 fully saturated rings. The summed E-state index contributed by atoms with van der Waals surface area (Å²) in [5.74, 6) is 0. The van der Waals surface area contributed by atoms with Crippen LogP contribution in [-0.4, -0.2) is 5.67 Å². The van der Waals surface area contributed by atoms with Crippen LogP contribution >= 0.6 is 15.9 Å². The highest BCUT2D eigenvalue weighted by Gasteiger charge is 2.44. The molecule has 1 aliphatic rings. The van der Waals surface area contributed by atoms with Gasteiger partial charge in [0, 0.05) is 16.4 Å². The normalized spacial score (nSPS) is 35.7. The lowest BCUT2D eigenvalue weighted by Crippen LogP contribution is -2.35. The predicted octanol–water partition coefficient (Wildman–Crippen LogP) is 3.52. The predicted molar refractivity (Wildman–Crippen MR) is 63.4 cm³/mol. The molecule has 0 saturated heterocycles. The molecule has 2 unspecified atom stereocenters. The zero-order valence-electron chi connectivity index (χ0n) is 8.76. The van der Waals surface area contributed by atoms with Crippen molar-refractivity contribution >= 4 is 15.9 Å². The SMILES string of the molecule is CC1(F)CCC(N)(c2cccc(Br)c2)C1. The van der Waals surface area contributed by atoms with E-state index in [0.717, 1.165) is 16.5 Å². The van der Waals surface area contributed by atoms with Crippen LogP contribution in [0.15, 0.2) is 28.7 Å². The first-order chi connectivity index (χ1) is 6.91. The summed E-state index contributed by atoms with van der Waals surface area (Å²) in [6.45, 7) is 1.64. The van der Waals surface area contributed by atoms with Crippen molar-refractivity contribution in [1.29, 1.82) is 0 Å². The Kier molecular flexibility index (Phi) is 2.63. The van der Waals surface area contributed by atoms with E-state index in [9.17, 15) is 4.39 Å². The first-order valence-electron chi connectivity index (χ1n) is 5.15. The van der Waals surface area contributed by atoms with Crippen LogP contribution < -0.4 is 5.73 Å². The Morgan fingerprint density at radius 2 is 2.13 bits per heavy atom. The number of alkyl halides is 1. The summed E-state index contributed by atoms with van der Waals surface area (Å²) in [6, 6.07) is 7.87. The van der Waals surface area contributed by atoms with E-state index in [4.69, 9.17) is 5.73 Å². The molecule has 82 valence electrons. The van der Waals surface area contributed by atoms with Crippen LogP contribution in [0.2, 0.25) is 0 Å². The fourth-order valence-electron chi connectivity index (χ4n) is 2.36. The summed E-state index contributed by atoms with van der Waals surface area (Å²) in [6.07, 6.45) is 1.68. The number of benzene rings is 1. The van der Waals surface area contributed by atoms with Gasteiger partial charge >= 0.3 is 0 Å². The van der Waals surface area contributed by atoms with Crippen molar-refractivity contribution in [3.63, 3.8) is 0 Å². The summed E-state index contributed by atoms with van der Waals surface area (Å²) in [4.78, 5) is 0. The molecule has 0 heterocycles. The van der Waals surface area contributed by atoms with Crippen LogP contribution in [0.25, 0.3) is 0 Å². The summed E-state index contributed by atoms with van der Waals surface area (Å²) in [5.41, 5.74) is 5.68. The molecule has 0 spiro atoms. The minimum absolute atomic E-state index is 0.413. The Morgan fingerprint density at radius 1 is 1.40 bits per heavy atom. The van der Waals surface area contributed by atoms with E-state index >= 15 is 0 Å². The van der Waals surface area contributed by atoms with E-state index in [1.54, 1.807) is 6.92 Å². The number of nitrogens with two attached hydrogens (primary N) is 1. The smallest absolute Gasteiger partial charge is 0.110 e. The fourth-order valence-corrected chi connectivity index (χ4v) is 2.76. The second-order valence-electron chi connectivity index (χ2n) is 4.76. The molecule has 0 aromatic heterocycles. The van der Waals surface area contributed by atoms with Crippen molar-refractivity contribution in [2.24, 2.45) is 5.73 Å². The van der Waals surface area contributed by atoms with Crippen LogP contribution in [0, 0.1) is 0 Å². The highest BCUT2D eigenvalue weighted by atomic mass is 79.9. The van der Waals surface area contributed by atoms with Gasteiger partial charge in [0.1, 0.15) is 5.67 Å². The highest BCUT2D eigenvalue weighted by molar-refractivity contribution is 9.10. The van der Waals surface area contributed by atoms with E-state index in [0.29, 0.717) is 12.8 Å². The average molecular weight is 272 g/mol. The summed E-state index contributed by atoms with van der Waals surface area (Å²) in [7, 11) is 0. The van der Waals surface area contributed by atoms with Gasteiger partial charge in [0.25, 0.3) is 0 Å². The van der Waals surface area contributed by atoms with Gasteiger partial charge in [-0.3, -0.25) is 0 Å². The zero-order valence-corrected chi connectivity index (χ0v) is 10.3. The largest absolute Gasteiger partial charge is 0.321 e. The first-order valence-corrected chi connectivity index (χ1v) is 5.95. The van der Waals surface area contributed by atoms with Gasteiger partial charge in [-0.1, -0.05) is 28.1 Å². The van der Waals surface area contributed by atoms with Gasteiger partial charge in [0.15, 0.2) is 0 Å². The fraction of sp³-hybridized carbons (Fsp3) is 0.500. The van der Waals surface area contributed by atoms with Crippen molar-refractivity contribution in [2.75, 3.05) is 0 Å². The minimum Gasteiger partial charge on any atom is -0.321 e. The third-order valence-corrected chi connectivity index (χ3v) is 3.67. The van der Waals surface area contributed by atoms with Gasteiger partial charge < -0.3 is 5.73 Å². The van der Waals surface area contributed by atoms with Gasteiger partial charge in [0.05, 0.1) is 0 Å². The zero-order chi connectivity index (χ0) is 11.1. The summed E-state index contributed by atoms with van der Waals surface area (Å²) in [5, 5.41) is 0. The van der Waals surface area contributed by atoms with E-state index in [1.807, 2.05) is 24.3 Å². The molecule has 0 amide bonds. The maximum absolute atomic E-state index is 13.8. The van der Waals surface area contributed by atoms with Crippen molar-refractivity contribution in [3.8, 4) is 0 Å². The van der Waals surface area contributed by atoms with Gasteiger partial charge in [-0.15, -0.1) is 0 Å². The second-order valence-corrected chi connectivity index (χ2v) is 5.67. The number of rotatable bonds is 1. The second kappa shape index (κ2) is 3.56. The van der Waals surface area contributed by atoms with E-state index < -0.39 is 11.2 Å². The lowest BCUT2D eigenvalue weighted by molar-refractivity contribution is 0.187. The quantitative estimate of drug-likeness (QED) is 0.831. The standard InChI is InChI=1S/C12H15BrFN/c1-11(14)5-6-12(15,8-11)9-3-2-4-10(13)7-9/h2-4,7H,5-6,8,15H2,1H3. The average Bonchev–Trinajstić information content (AvgIpc) is 2.42. The van der Waals surface area contributed by atoms with Crippen molar-refractivity contribution in [2.45, 2.75) is 37.4 Å². The van der Waals surface area contributed by atoms with Gasteiger partial charge in [-0.25, -0.2) is 4.39 Å². The number of halogens is 2. The Bertz CT molecular complexity index is 378. The van der Waals surface area contributed by atoms with Crippen molar-refractivity contribution in [1.82, 2.24) is 0 Å². The maximum Gasteiger partial charge on any atom is 0.110 e. The van der Waals surface area contributed by atoms with E-state index in [1.165, 1.54) is 0 Å². The van der Waals surface area contributed by atoms with Crippen LogP contribution in [-0.2, 0) is 5.54 Å². The van der Waals surface area contributed by atoms with Crippen LogP contribution in [0.4, 0.5) is 4.39 Å². The van der Waals surface area contributed by atoms with E-state index in [-0.39, 0.29) is 0 Å². The molecule has 15 heavy (non-hydrogen) atoms. The molecule has 1 saturated carbocycles. The molecule has 1 nitrogen and oxygen atoms in total. The molecule has 0 aliphatic heterocycles. The Labute approximate surface area is 98.0 Å². The van der Waals surface area contributed by atoms with E-state index in [2.05, 4.69) is 15.9 Å². The third kappa shape index (κ3) is 2.23. The summed E-state index contributed by atoms with van der Waals surface area (Å²) < 4.78 is 14.8. The van der Waals surface area contributed by atoms with Gasteiger partial charge in [-0.2, -0.15) is 0 Å². The molecule has 2 N–H and O–H groups in total. The van der Waals surface area contributed by atoms with Crippen molar-refractivity contribution in [3.05, 3.63) is 34.3 Å². The van der Waals surface area contributed by atoms with Crippen LogP contribution in [0.3, 0.4) is 0 Å². The molecule has 3 heteroatoms. The Hall–Kier alpha value is -0.410. The number of hydrogen-bond acceptors (Lipinski definition) is 1. The summed E-state index contributed by atoms with van der Waals surface area (Å²) >= 11 is 3.41. The molecule has 1 aromatic rings. The maximum atomic E-state index is 13.8. The van der Waals surface area contributed by atoms with Crippen molar-refractivity contribution < 1.29 is 4.39 Å². The molecular formula is C12H15BrFN. The monoisotopic (exact) mass is 271 g/mol. The highest BCUT2D eigenvalue weighted by Crippen LogP contribution is 2.44. The topological polar surface area (TPSA) is 26.0 Å². The van der Waals surface area contributed by atoms with Gasteiger partial charge in [-0.05, 0) is 37.5 Å². The Balaban J connectivity index is 2.31. The molecule has 0 radical (unpaired) electrons. The first kappa shape index (κ1) is 11.1. The third-order valence-electron chi connectivity index (χ3n) is 3.18. The van der Waals surface area contributed by atoms with Gasteiger partial charge in [0.2, 0.25) is 0 Å². The molecule has 0 bridgehead atoms. The molecule has 2 rings (SSSR count).